The number of carbonyl (C=O) groups excluding carboxylic acids is 1. The molecule has 0 aromatic heterocycles. The molecule has 98 valence electrons. The second-order valence-electron chi connectivity index (χ2n) is 5.68. The highest BCUT2D eigenvalue weighted by atomic mass is 79.9. The smallest absolute Gasteiger partial charge is 0.410 e. The Morgan fingerprint density at radius 2 is 1.94 bits per heavy atom. The van der Waals surface area contributed by atoms with Crippen molar-refractivity contribution >= 4 is 22.0 Å². The van der Waals surface area contributed by atoms with Crippen molar-refractivity contribution in [2.75, 3.05) is 6.54 Å². The molecule has 1 saturated heterocycles. The Morgan fingerprint density at radius 1 is 1.35 bits per heavy atom. The minimum Gasteiger partial charge on any atom is -0.444 e. The van der Waals surface area contributed by atoms with Gasteiger partial charge in [0.15, 0.2) is 0 Å². The Hall–Kier alpha value is -0.510. The summed E-state index contributed by atoms with van der Waals surface area (Å²) < 4.78 is 6.54. The van der Waals surface area contributed by atoms with Crippen LogP contribution in [0, 0.1) is 0 Å². The SMILES string of the molecule is CC(C)=C(Br)C1CCCN1C(=O)OC(C)(C)C. The summed E-state index contributed by atoms with van der Waals surface area (Å²) in [6.45, 7) is 10.6. The van der Waals surface area contributed by atoms with Crippen LogP contribution in [0.4, 0.5) is 4.79 Å². The number of halogens is 1. The van der Waals surface area contributed by atoms with Gasteiger partial charge in [0.2, 0.25) is 0 Å². The predicted octanol–water partition coefficient (Wildman–Crippen LogP) is 4.07. The van der Waals surface area contributed by atoms with Crippen molar-refractivity contribution in [1.29, 1.82) is 0 Å². The lowest BCUT2D eigenvalue weighted by molar-refractivity contribution is 0.0254. The zero-order valence-electron chi connectivity index (χ0n) is 11.3. The van der Waals surface area contributed by atoms with Crippen LogP contribution in [0.2, 0.25) is 0 Å². The highest BCUT2D eigenvalue weighted by molar-refractivity contribution is 9.11. The number of hydrogen-bond donors (Lipinski definition) is 0. The van der Waals surface area contributed by atoms with Crippen LogP contribution >= 0.6 is 15.9 Å². The molecule has 1 heterocycles. The second-order valence-corrected chi connectivity index (χ2v) is 6.53. The van der Waals surface area contributed by atoms with Crippen molar-refractivity contribution in [2.45, 2.75) is 59.1 Å². The molecule has 0 spiro atoms. The lowest BCUT2D eigenvalue weighted by Gasteiger charge is -2.29. The van der Waals surface area contributed by atoms with E-state index in [9.17, 15) is 4.79 Å². The van der Waals surface area contributed by atoms with Crippen molar-refractivity contribution in [3.63, 3.8) is 0 Å². The maximum absolute atomic E-state index is 12.1. The highest BCUT2D eigenvalue weighted by Gasteiger charge is 2.33. The summed E-state index contributed by atoms with van der Waals surface area (Å²) in [5, 5.41) is 0. The van der Waals surface area contributed by atoms with E-state index in [1.54, 1.807) is 0 Å². The molecule has 17 heavy (non-hydrogen) atoms. The fourth-order valence-corrected chi connectivity index (χ4v) is 2.38. The topological polar surface area (TPSA) is 29.5 Å². The monoisotopic (exact) mass is 303 g/mol. The lowest BCUT2D eigenvalue weighted by atomic mass is 10.1. The lowest BCUT2D eigenvalue weighted by Crippen LogP contribution is -2.40. The van der Waals surface area contributed by atoms with E-state index >= 15 is 0 Å². The standard InChI is InChI=1S/C13H22BrNO2/c1-9(2)11(14)10-7-6-8-15(10)12(16)17-13(3,4)5/h10H,6-8H2,1-5H3. The molecule has 1 amide bonds. The van der Waals surface area contributed by atoms with Gasteiger partial charge in [-0.3, -0.25) is 0 Å². The molecule has 4 heteroatoms. The molecule has 1 atom stereocenters. The Kier molecular flexibility index (Phi) is 4.64. The maximum Gasteiger partial charge on any atom is 0.410 e. The van der Waals surface area contributed by atoms with E-state index in [0.29, 0.717) is 0 Å². The quantitative estimate of drug-likeness (QED) is 0.730. The first-order chi connectivity index (χ1) is 7.72. The molecule has 1 aliphatic rings. The number of likely N-dealkylation sites (tertiary alicyclic amines) is 1. The van der Waals surface area contributed by atoms with Gasteiger partial charge >= 0.3 is 6.09 Å². The number of nitrogens with zero attached hydrogens (tertiary/aromatic N) is 1. The second kappa shape index (κ2) is 5.42. The van der Waals surface area contributed by atoms with E-state index < -0.39 is 5.60 Å². The number of hydrogen-bond acceptors (Lipinski definition) is 2. The number of rotatable bonds is 1. The molecule has 0 aromatic carbocycles. The average Bonchev–Trinajstić information content (AvgIpc) is 2.61. The molecule has 0 bridgehead atoms. The van der Waals surface area contributed by atoms with Crippen LogP contribution in [-0.4, -0.2) is 29.2 Å². The summed E-state index contributed by atoms with van der Waals surface area (Å²) in [6.07, 6.45) is 1.83. The summed E-state index contributed by atoms with van der Waals surface area (Å²) in [4.78, 5) is 13.9. The Labute approximate surface area is 112 Å². The van der Waals surface area contributed by atoms with E-state index in [1.807, 2.05) is 25.7 Å². The third-order valence-corrected chi connectivity index (χ3v) is 3.97. The first kappa shape index (κ1) is 14.6. The predicted molar refractivity (Wildman–Crippen MR) is 73.3 cm³/mol. The molecule has 1 rings (SSSR count). The molecule has 1 unspecified atom stereocenters. The molecule has 0 saturated carbocycles. The molecular formula is C13H22BrNO2. The Balaban J connectivity index is 2.77. The van der Waals surface area contributed by atoms with Crippen molar-refractivity contribution < 1.29 is 9.53 Å². The first-order valence-electron chi connectivity index (χ1n) is 6.05. The van der Waals surface area contributed by atoms with Gasteiger partial charge in [0.05, 0.1) is 6.04 Å². The van der Waals surface area contributed by atoms with Crippen molar-refractivity contribution in [3.8, 4) is 0 Å². The van der Waals surface area contributed by atoms with Crippen LogP contribution in [0.3, 0.4) is 0 Å². The van der Waals surface area contributed by atoms with Gasteiger partial charge in [-0.2, -0.15) is 0 Å². The molecular weight excluding hydrogens is 282 g/mol. The first-order valence-corrected chi connectivity index (χ1v) is 6.84. The van der Waals surface area contributed by atoms with Crippen LogP contribution in [0.1, 0.15) is 47.5 Å². The molecule has 1 fully saturated rings. The minimum absolute atomic E-state index is 0.148. The Morgan fingerprint density at radius 3 is 2.41 bits per heavy atom. The summed E-state index contributed by atoms with van der Waals surface area (Å²) >= 11 is 3.59. The van der Waals surface area contributed by atoms with Gasteiger partial charge in [-0.15, -0.1) is 0 Å². The van der Waals surface area contributed by atoms with Gasteiger partial charge in [0.1, 0.15) is 5.60 Å². The van der Waals surface area contributed by atoms with Gasteiger partial charge in [0.25, 0.3) is 0 Å². The van der Waals surface area contributed by atoms with Crippen LogP contribution < -0.4 is 0 Å². The van der Waals surface area contributed by atoms with Crippen LogP contribution in [0.15, 0.2) is 10.1 Å². The number of amides is 1. The van der Waals surface area contributed by atoms with E-state index in [2.05, 4.69) is 29.8 Å². The van der Waals surface area contributed by atoms with Gasteiger partial charge < -0.3 is 9.64 Å². The molecule has 0 N–H and O–H groups in total. The minimum atomic E-state index is -0.429. The van der Waals surface area contributed by atoms with Gasteiger partial charge in [-0.1, -0.05) is 21.5 Å². The van der Waals surface area contributed by atoms with Crippen molar-refractivity contribution in [3.05, 3.63) is 10.1 Å². The number of allylic oxidation sites excluding steroid dienone is 1. The molecule has 0 aliphatic carbocycles. The normalized spacial score (nSPS) is 20.4. The molecule has 1 aliphatic heterocycles. The number of ether oxygens (including phenoxy) is 1. The van der Waals surface area contributed by atoms with Crippen molar-refractivity contribution in [2.24, 2.45) is 0 Å². The summed E-state index contributed by atoms with van der Waals surface area (Å²) in [7, 11) is 0. The average molecular weight is 304 g/mol. The fourth-order valence-electron chi connectivity index (χ4n) is 1.90. The van der Waals surface area contributed by atoms with E-state index in [1.165, 1.54) is 5.57 Å². The van der Waals surface area contributed by atoms with E-state index in [4.69, 9.17) is 4.74 Å². The van der Waals surface area contributed by atoms with Gasteiger partial charge in [-0.25, -0.2) is 4.79 Å². The van der Waals surface area contributed by atoms with Gasteiger partial charge in [0, 0.05) is 11.0 Å². The van der Waals surface area contributed by atoms with E-state index in [0.717, 1.165) is 23.9 Å². The third kappa shape index (κ3) is 4.02. The van der Waals surface area contributed by atoms with Gasteiger partial charge in [-0.05, 0) is 47.5 Å². The van der Waals surface area contributed by atoms with Crippen molar-refractivity contribution in [1.82, 2.24) is 4.90 Å². The van der Waals surface area contributed by atoms with Crippen LogP contribution in [0.5, 0.6) is 0 Å². The largest absolute Gasteiger partial charge is 0.444 e. The Bertz CT molecular complexity index is 327. The highest BCUT2D eigenvalue weighted by Crippen LogP contribution is 2.30. The van der Waals surface area contributed by atoms with E-state index in [-0.39, 0.29) is 12.1 Å². The number of carbonyl (C=O) groups is 1. The maximum atomic E-state index is 12.1. The summed E-state index contributed by atoms with van der Waals surface area (Å²) in [5.74, 6) is 0. The molecule has 3 nitrogen and oxygen atoms in total. The zero-order valence-corrected chi connectivity index (χ0v) is 12.9. The summed E-state index contributed by atoms with van der Waals surface area (Å²) in [5.41, 5.74) is 0.784. The van der Waals surface area contributed by atoms with Crippen LogP contribution in [-0.2, 0) is 4.74 Å². The fraction of sp³-hybridized carbons (Fsp3) is 0.769. The third-order valence-electron chi connectivity index (χ3n) is 2.65. The molecule has 0 aromatic rings. The summed E-state index contributed by atoms with van der Waals surface area (Å²) in [6, 6.07) is 0.148. The zero-order chi connectivity index (χ0) is 13.2. The molecule has 0 radical (unpaired) electrons. The van der Waals surface area contributed by atoms with Crippen LogP contribution in [0.25, 0.3) is 0 Å².